The molecule has 0 aliphatic carbocycles. The van der Waals surface area contributed by atoms with Crippen molar-refractivity contribution in [2.24, 2.45) is 0 Å². The van der Waals surface area contributed by atoms with Crippen LogP contribution < -0.4 is 5.11 Å². The molecule has 0 unspecified atom stereocenters. The van der Waals surface area contributed by atoms with Gasteiger partial charge in [0.05, 0.1) is 4.90 Å². The lowest BCUT2D eigenvalue weighted by molar-refractivity contribution is -0.244. The molecule has 1 aliphatic rings. The van der Waals surface area contributed by atoms with Crippen molar-refractivity contribution in [2.45, 2.75) is 11.8 Å². The van der Waals surface area contributed by atoms with Gasteiger partial charge in [0.15, 0.2) is 0 Å². The van der Waals surface area contributed by atoms with Crippen molar-refractivity contribution < 1.29 is 13.5 Å². The van der Waals surface area contributed by atoms with E-state index >= 15 is 0 Å². The van der Waals surface area contributed by atoms with Crippen molar-refractivity contribution in [1.29, 1.82) is 0 Å². The van der Waals surface area contributed by atoms with Gasteiger partial charge in [0.1, 0.15) is 0 Å². The summed E-state index contributed by atoms with van der Waals surface area (Å²) in [5, 5.41) is 11.8. The molecule has 0 saturated heterocycles. The minimum Gasteiger partial charge on any atom is -0.871 e. The Labute approximate surface area is 86.6 Å². The Morgan fingerprint density at radius 2 is 2.00 bits per heavy atom. The van der Waals surface area contributed by atoms with Crippen LogP contribution in [0.3, 0.4) is 0 Å². The van der Waals surface area contributed by atoms with Crippen molar-refractivity contribution in [2.75, 3.05) is 0 Å². The highest BCUT2D eigenvalue weighted by Crippen LogP contribution is 2.36. The third-order valence-corrected chi connectivity index (χ3v) is 4.34. The van der Waals surface area contributed by atoms with E-state index in [4.69, 9.17) is 11.6 Å². The highest BCUT2D eigenvalue weighted by atomic mass is 35.5. The van der Waals surface area contributed by atoms with E-state index in [1.54, 1.807) is 0 Å². The molecule has 0 spiro atoms. The molecule has 74 valence electrons. The summed E-state index contributed by atoms with van der Waals surface area (Å²) < 4.78 is 23.3. The summed E-state index contributed by atoms with van der Waals surface area (Å²) >= 11 is 5.66. The number of halogens is 1. The third-order valence-electron chi connectivity index (χ3n) is 2.20. The maximum Gasteiger partial charge on any atom is 0.202 e. The molecule has 0 fully saturated rings. The third kappa shape index (κ3) is 1.07. The smallest absolute Gasteiger partial charge is 0.202 e. The fourth-order valence-corrected chi connectivity index (χ4v) is 3.04. The van der Waals surface area contributed by atoms with Gasteiger partial charge in [-0.15, -0.1) is 0 Å². The summed E-state index contributed by atoms with van der Waals surface area (Å²) in [6.45, 7) is 1.31. The molecule has 14 heavy (non-hydrogen) atoms. The number of allylic oxidation sites excluding steroid dienone is 1. The monoisotopic (exact) mass is 229 g/mol. The van der Waals surface area contributed by atoms with Gasteiger partial charge in [0, 0.05) is 9.93 Å². The lowest BCUT2D eigenvalue weighted by atomic mass is 10.2. The Hall–Kier alpha value is -1.00. The van der Waals surface area contributed by atoms with Gasteiger partial charge in [0.25, 0.3) is 0 Å². The second kappa shape index (κ2) is 2.74. The van der Waals surface area contributed by atoms with Crippen molar-refractivity contribution in [3.8, 4) is 0 Å². The molecule has 0 N–H and O–H groups in total. The highest BCUT2D eigenvalue weighted by molar-refractivity contribution is 7.95. The number of fused-ring (bicyclic) bond motifs is 1. The first kappa shape index (κ1) is 9.55. The SMILES string of the molecule is CC1=C([O-])c2ccc(Cl)cc2S1(=O)=O. The predicted molar refractivity (Wildman–Crippen MR) is 51.2 cm³/mol. The van der Waals surface area contributed by atoms with Crippen molar-refractivity contribution in [3.63, 3.8) is 0 Å². The summed E-state index contributed by atoms with van der Waals surface area (Å²) in [6.07, 6.45) is 0. The standard InChI is InChI=1S/C9H7ClO3S/c1-5-9(11)7-3-2-6(10)4-8(7)14(5,12)13/h2-4,11H,1H3/p-1. The maximum absolute atomic E-state index is 11.6. The van der Waals surface area contributed by atoms with E-state index in [2.05, 4.69) is 0 Å². The van der Waals surface area contributed by atoms with Crippen LogP contribution in [0.2, 0.25) is 5.02 Å². The fourth-order valence-electron chi connectivity index (χ4n) is 1.38. The topological polar surface area (TPSA) is 57.2 Å². The zero-order chi connectivity index (χ0) is 10.5. The zero-order valence-electron chi connectivity index (χ0n) is 7.24. The number of rotatable bonds is 0. The van der Waals surface area contributed by atoms with Crippen LogP contribution in [-0.4, -0.2) is 8.42 Å². The summed E-state index contributed by atoms with van der Waals surface area (Å²) in [5.74, 6) is -0.434. The molecule has 2 rings (SSSR count). The van der Waals surface area contributed by atoms with E-state index in [0.29, 0.717) is 5.02 Å². The van der Waals surface area contributed by atoms with Gasteiger partial charge in [-0.3, -0.25) is 0 Å². The van der Waals surface area contributed by atoms with Crippen LogP contribution >= 0.6 is 11.6 Å². The van der Waals surface area contributed by atoms with Crippen LogP contribution in [0.1, 0.15) is 12.5 Å². The second-order valence-electron chi connectivity index (χ2n) is 3.03. The molecule has 0 atom stereocenters. The first-order chi connectivity index (χ1) is 6.44. The Kier molecular flexibility index (Phi) is 1.87. The van der Waals surface area contributed by atoms with Crippen LogP contribution in [0.25, 0.3) is 5.76 Å². The van der Waals surface area contributed by atoms with Crippen LogP contribution in [0.5, 0.6) is 0 Å². The molecule has 0 amide bonds. The Morgan fingerprint density at radius 1 is 1.36 bits per heavy atom. The molecular weight excluding hydrogens is 224 g/mol. The summed E-state index contributed by atoms with van der Waals surface area (Å²) in [4.78, 5) is -0.109. The largest absolute Gasteiger partial charge is 0.871 e. The van der Waals surface area contributed by atoms with E-state index < -0.39 is 15.6 Å². The van der Waals surface area contributed by atoms with Gasteiger partial charge in [-0.25, -0.2) is 8.42 Å². The molecule has 1 aromatic rings. The van der Waals surface area contributed by atoms with E-state index in [-0.39, 0.29) is 15.4 Å². The second-order valence-corrected chi connectivity index (χ2v) is 5.52. The molecule has 0 saturated carbocycles. The van der Waals surface area contributed by atoms with Gasteiger partial charge in [-0.05, 0) is 24.6 Å². The van der Waals surface area contributed by atoms with E-state index in [1.807, 2.05) is 0 Å². The molecule has 1 heterocycles. The average Bonchev–Trinajstić information content (AvgIpc) is 2.29. The molecule has 1 aliphatic heterocycles. The predicted octanol–water partition coefficient (Wildman–Crippen LogP) is 1.18. The number of hydrogen-bond donors (Lipinski definition) is 0. The summed E-state index contributed by atoms with van der Waals surface area (Å²) in [5.41, 5.74) is 0.215. The van der Waals surface area contributed by atoms with Gasteiger partial charge >= 0.3 is 0 Å². The Bertz CT molecular complexity index is 543. The Morgan fingerprint density at radius 3 is 2.64 bits per heavy atom. The van der Waals surface area contributed by atoms with Gasteiger partial charge in [-0.2, -0.15) is 0 Å². The molecule has 0 bridgehead atoms. The minimum absolute atomic E-state index is 0.0208. The van der Waals surface area contributed by atoms with Gasteiger partial charge in [-0.1, -0.05) is 23.4 Å². The first-order valence-corrected chi connectivity index (χ1v) is 5.73. The number of sulfone groups is 1. The fraction of sp³-hybridized carbons (Fsp3) is 0.111. The maximum atomic E-state index is 11.6. The molecule has 1 aromatic carbocycles. The van der Waals surface area contributed by atoms with Gasteiger partial charge in [0.2, 0.25) is 9.84 Å². The minimum atomic E-state index is -3.57. The number of benzene rings is 1. The quantitative estimate of drug-likeness (QED) is 0.671. The highest BCUT2D eigenvalue weighted by Gasteiger charge is 2.28. The summed E-state index contributed by atoms with van der Waals surface area (Å²) in [6, 6.07) is 4.25. The number of hydrogen-bond acceptors (Lipinski definition) is 3. The Balaban J connectivity index is 2.87. The average molecular weight is 230 g/mol. The molecule has 0 aromatic heterocycles. The lowest BCUT2D eigenvalue weighted by Gasteiger charge is -2.07. The van der Waals surface area contributed by atoms with Crippen molar-refractivity contribution in [1.82, 2.24) is 0 Å². The first-order valence-electron chi connectivity index (χ1n) is 3.87. The van der Waals surface area contributed by atoms with Crippen LogP contribution in [0.15, 0.2) is 28.0 Å². The van der Waals surface area contributed by atoms with E-state index in [9.17, 15) is 13.5 Å². The molecule has 5 heteroatoms. The van der Waals surface area contributed by atoms with Crippen LogP contribution in [0, 0.1) is 0 Å². The lowest BCUT2D eigenvalue weighted by Crippen LogP contribution is -2.01. The van der Waals surface area contributed by atoms with Crippen LogP contribution in [0.4, 0.5) is 0 Å². The van der Waals surface area contributed by atoms with E-state index in [0.717, 1.165) is 0 Å². The zero-order valence-corrected chi connectivity index (χ0v) is 8.82. The van der Waals surface area contributed by atoms with Crippen molar-refractivity contribution >= 4 is 27.2 Å². The van der Waals surface area contributed by atoms with Crippen molar-refractivity contribution in [3.05, 3.63) is 33.7 Å². The van der Waals surface area contributed by atoms with E-state index in [1.165, 1.54) is 25.1 Å². The normalized spacial score (nSPS) is 18.4. The molecule has 0 radical (unpaired) electrons. The van der Waals surface area contributed by atoms with Crippen LogP contribution in [-0.2, 0) is 9.84 Å². The van der Waals surface area contributed by atoms with Gasteiger partial charge < -0.3 is 5.11 Å². The molecule has 3 nitrogen and oxygen atoms in total. The molecular formula is C9H6ClO3S-. The summed E-state index contributed by atoms with van der Waals surface area (Å²) in [7, 11) is -3.57.